The van der Waals surface area contributed by atoms with E-state index in [0.29, 0.717) is 16.3 Å². The first-order chi connectivity index (χ1) is 14.9. The first-order valence-electron chi connectivity index (χ1n) is 9.57. The number of aliphatic imine (C=N–C) groups is 1. The van der Waals surface area contributed by atoms with Crippen molar-refractivity contribution >= 4 is 40.7 Å². The number of guanidine groups is 1. The second kappa shape index (κ2) is 10.4. The lowest BCUT2D eigenvalue weighted by atomic mass is 10.2. The third kappa shape index (κ3) is 6.65. The topological polar surface area (TPSA) is 95.5 Å². The minimum atomic E-state index is -0.376. The van der Waals surface area contributed by atoms with Crippen LogP contribution < -0.4 is 16.0 Å². The van der Waals surface area contributed by atoms with E-state index in [2.05, 4.69) is 25.9 Å². The van der Waals surface area contributed by atoms with Gasteiger partial charge in [-0.3, -0.25) is 19.9 Å². The van der Waals surface area contributed by atoms with Crippen molar-refractivity contribution in [1.82, 2.24) is 10.3 Å². The van der Waals surface area contributed by atoms with E-state index in [4.69, 9.17) is 11.6 Å². The Balaban J connectivity index is 1.84. The van der Waals surface area contributed by atoms with Crippen molar-refractivity contribution in [3.05, 3.63) is 88.7 Å². The Morgan fingerprint density at radius 2 is 1.87 bits per heavy atom. The number of anilines is 2. The zero-order chi connectivity index (χ0) is 22.2. The molecule has 3 aromatic rings. The molecule has 158 valence electrons. The zero-order valence-electron chi connectivity index (χ0n) is 17.1. The van der Waals surface area contributed by atoms with Gasteiger partial charge in [-0.2, -0.15) is 0 Å². The Hall–Kier alpha value is -3.71. The number of halogens is 1. The Bertz CT molecular complexity index is 1120. The smallest absolute Gasteiger partial charge is 0.258 e. The van der Waals surface area contributed by atoms with Gasteiger partial charge in [0.25, 0.3) is 5.91 Å². The van der Waals surface area contributed by atoms with Crippen molar-refractivity contribution < 1.29 is 9.59 Å². The highest BCUT2D eigenvalue weighted by Crippen LogP contribution is 2.20. The molecule has 31 heavy (non-hydrogen) atoms. The van der Waals surface area contributed by atoms with Crippen LogP contribution in [0.1, 0.15) is 28.5 Å². The molecule has 3 N–H and O–H groups in total. The average molecular weight is 436 g/mol. The first-order valence-corrected chi connectivity index (χ1v) is 9.95. The van der Waals surface area contributed by atoms with E-state index in [0.717, 1.165) is 16.9 Å². The van der Waals surface area contributed by atoms with Crippen molar-refractivity contribution in [3.8, 4) is 0 Å². The first kappa shape index (κ1) is 22.0. The number of aromatic nitrogens is 1. The van der Waals surface area contributed by atoms with Crippen molar-refractivity contribution in [2.45, 2.75) is 20.4 Å². The predicted octanol–water partition coefficient (Wildman–Crippen LogP) is 4.40. The lowest BCUT2D eigenvalue weighted by Crippen LogP contribution is -2.36. The number of rotatable bonds is 5. The third-order valence-corrected chi connectivity index (χ3v) is 4.49. The summed E-state index contributed by atoms with van der Waals surface area (Å²) in [5.74, 6) is -0.335. The van der Waals surface area contributed by atoms with Gasteiger partial charge >= 0.3 is 0 Å². The molecule has 0 unspecified atom stereocenters. The van der Waals surface area contributed by atoms with Crippen LogP contribution in [0.5, 0.6) is 0 Å². The summed E-state index contributed by atoms with van der Waals surface area (Å²) in [6.07, 6.45) is 1.69. The number of carbonyl (C=O) groups excluding carboxylic acids is 2. The molecule has 0 spiro atoms. The highest BCUT2D eigenvalue weighted by Gasteiger charge is 2.12. The minimum Gasteiger partial charge on any atom is -0.326 e. The Labute approximate surface area is 185 Å². The van der Waals surface area contributed by atoms with Crippen LogP contribution in [0.25, 0.3) is 0 Å². The molecular weight excluding hydrogens is 414 g/mol. The molecule has 0 radical (unpaired) electrons. The maximum Gasteiger partial charge on any atom is 0.258 e. The van der Waals surface area contributed by atoms with Crippen LogP contribution in [0.3, 0.4) is 0 Å². The summed E-state index contributed by atoms with van der Waals surface area (Å²) in [7, 11) is 0. The number of pyridine rings is 1. The minimum absolute atomic E-state index is 0.215. The highest BCUT2D eigenvalue weighted by atomic mass is 35.5. The molecule has 2 amide bonds. The maximum atomic E-state index is 12.9. The van der Waals surface area contributed by atoms with Gasteiger partial charge in [0.15, 0.2) is 0 Å². The predicted molar refractivity (Wildman–Crippen MR) is 123 cm³/mol. The molecule has 7 nitrogen and oxygen atoms in total. The molecule has 0 fully saturated rings. The van der Waals surface area contributed by atoms with Crippen molar-refractivity contribution in [2.75, 3.05) is 10.6 Å². The number of carbonyl (C=O) groups is 2. The number of hydrogen-bond donors (Lipinski definition) is 3. The van der Waals surface area contributed by atoms with Crippen molar-refractivity contribution in [3.63, 3.8) is 0 Å². The van der Waals surface area contributed by atoms with E-state index in [-0.39, 0.29) is 24.3 Å². The van der Waals surface area contributed by atoms with Gasteiger partial charge in [-0.05, 0) is 55.0 Å². The van der Waals surface area contributed by atoms with Crippen LogP contribution in [0.15, 0.2) is 71.9 Å². The zero-order valence-corrected chi connectivity index (χ0v) is 17.9. The summed E-state index contributed by atoms with van der Waals surface area (Å²) < 4.78 is 0. The van der Waals surface area contributed by atoms with E-state index in [1.54, 1.807) is 42.6 Å². The van der Waals surface area contributed by atoms with Crippen molar-refractivity contribution in [1.29, 1.82) is 0 Å². The molecule has 3 rings (SSSR count). The number of aryl methyl sites for hydroxylation is 1. The number of benzene rings is 2. The molecule has 0 atom stereocenters. The molecule has 0 bridgehead atoms. The fraction of sp³-hybridized carbons (Fsp3) is 0.130. The molecule has 0 aliphatic carbocycles. The molecule has 0 aliphatic heterocycles. The highest BCUT2D eigenvalue weighted by molar-refractivity contribution is 6.31. The van der Waals surface area contributed by atoms with Gasteiger partial charge in [0, 0.05) is 35.1 Å². The third-order valence-electron chi connectivity index (χ3n) is 4.26. The Morgan fingerprint density at radius 1 is 1.03 bits per heavy atom. The van der Waals surface area contributed by atoms with Crippen molar-refractivity contribution in [2.24, 2.45) is 4.99 Å². The van der Waals surface area contributed by atoms with E-state index < -0.39 is 0 Å². The molecule has 0 saturated carbocycles. The van der Waals surface area contributed by atoms with Crippen LogP contribution in [0.2, 0.25) is 5.02 Å². The summed E-state index contributed by atoms with van der Waals surface area (Å²) in [6.45, 7) is 3.61. The van der Waals surface area contributed by atoms with Crippen LogP contribution >= 0.6 is 11.6 Å². The van der Waals surface area contributed by atoms with Gasteiger partial charge in [0.2, 0.25) is 11.9 Å². The van der Waals surface area contributed by atoms with E-state index >= 15 is 0 Å². The number of nitrogens with zero attached hydrogens (tertiary/aromatic N) is 2. The van der Waals surface area contributed by atoms with Gasteiger partial charge in [0.05, 0.1) is 12.2 Å². The second-order valence-electron chi connectivity index (χ2n) is 6.79. The largest absolute Gasteiger partial charge is 0.326 e. The molecule has 0 saturated heterocycles. The maximum absolute atomic E-state index is 12.9. The van der Waals surface area contributed by atoms with Crippen LogP contribution in [-0.4, -0.2) is 22.8 Å². The normalized spacial score (nSPS) is 11.0. The molecule has 2 aromatic carbocycles. The summed E-state index contributed by atoms with van der Waals surface area (Å²) in [4.78, 5) is 32.9. The lowest BCUT2D eigenvalue weighted by molar-refractivity contribution is -0.114. The number of nitrogens with one attached hydrogen (secondary N) is 3. The van der Waals surface area contributed by atoms with Gasteiger partial charge in [-0.1, -0.05) is 29.8 Å². The standard InChI is InChI=1S/C23H22ClN5O2/c1-15-9-10-18(24)13-21(15)28-23(26-14-20-7-3-4-11-25-20)29-22(31)17-6-5-8-19(12-17)27-16(2)30/h3-13H,14H2,1-2H3,(H,27,30)(H2,26,28,29,31). The lowest BCUT2D eigenvalue weighted by Gasteiger charge is -2.14. The second-order valence-corrected chi connectivity index (χ2v) is 7.22. The van der Waals surface area contributed by atoms with Gasteiger partial charge < -0.3 is 10.6 Å². The fourth-order valence-electron chi connectivity index (χ4n) is 2.74. The monoisotopic (exact) mass is 435 g/mol. The van der Waals surface area contributed by atoms with Crippen LogP contribution in [0.4, 0.5) is 11.4 Å². The SMILES string of the molecule is CC(=O)Nc1cccc(C(=O)NC(=NCc2ccccn2)Nc2cc(Cl)ccc2C)c1. The quantitative estimate of drug-likeness (QED) is 0.409. The Morgan fingerprint density at radius 3 is 2.61 bits per heavy atom. The Kier molecular flexibility index (Phi) is 7.35. The average Bonchev–Trinajstić information content (AvgIpc) is 2.75. The van der Waals surface area contributed by atoms with Crippen LogP contribution in [-0.2, 0) is 11.3 Å². The van der Waals surface area contributed by atoms with Gasteiger partial charge in [-0.15, -0.1) is 0 Å². The molecular formula is C23H22ClN5O2. The summed E-state index contributed by atoms with van der Waals surface area (Å²) in [5, 5.41) is 9.17. The summed E-state index contributed by atoms with van der Waals surface area (Å²) >= 11 is 6.12. The van der Waals surface area contributed by atoms with Crippen LogP contribution in [0, 0.1) is 6.92 Å². The van der Waals surface area contributed by atoms with E-state index in [1.165, 1.54) is 6.92 Å². The molecule has 0 aliphatic rings. The summed E-state index contributed by atoms with van der Waals surface area (Å²) in [5.41, 5.74) is 3.33. The molecule has 8 heteroatoms. The molecule has 1 aromatic heterocycles. The van der Waals surface area contributed by atoms with E-state index in [1.807, 2.05) is 31.2 Å². The number of hydrogen-bond acceptors (Lipinski definition) is 4. The molecule has 1 heterocycles. The number of amides is 2. The van der Waals surface area contributed by atoms with E-state index in [9.17, 15) is 9.59 Å². The van der Waals surface area contributed by atoms with Gasteiger partial charge in [-0.25, -0.2) is 4.99 Å². The fourth-order valence-corrected chi connectivity index (χ4v) is 2.91. The van der Waals surface area contributed by atoms with Gasteiger partial charge in [0.1, 0.15) is 0 Å². The summed E-state index contributed by atoms with van der Waals surface area (Å²) in [6, 6.07) is 17.6.